The highest BCUT2D eigenvalue weighted by molar-refractivity contribution is 5.93. The van der Waals surface area contributed by atoms with Crippen LogP contribution in [0.1, 0.15) is 53.6 Å². The maximum absolute atomic E-state index is 13.3. The molecule has 0 radical (unpaired) electrons. The van der Waals surface area contributed by atoms with Crippen LogP contribution in [0.3, 0.4) is 0 Å². The normalized spacial score (nSPS) is 21.8. The van der Waals surface area contributed by atoms with Crippen LogP contribution in [0.25, 0.3) is 11.2 Å². The molecule has 0 spiro atoms. The van der Waals surface area contributed by atoms with Crippen LogP contribution >= 0.6 is 0 Å². The van der Waals surface area contributed by atoms with E-state index in [9.17, 15) is 14.7 Å². The fourth-order valence-corrected chi connectivity index (χ4v) is 5.56. The number of pyridine rings is 1. The Labute approximate surface area is 192 Å². The molecule has 1 N–H and O–H groups in total. The van der Waals surface area contributed by atoms with E-state index in [0.717, 1.165) is 17.6 Å². The van der Waals surface area contributed by atoms with Crippen LogP contribution < -0.4 is 0 Å². The van der Waals surface area contributed by atoms with Crippen LogP contribution in [0.15, 0.2) is 72.6 Å². The maximum Gasteiger partial charge on any atom is 0.335 e. The summed E-state index contributed by atoms with van der Waals surface area (Å²) >= 11 is 0. The van der Waals surface area contributed by atoms with Crippen molar-refractivity contribution in [2.24, 2.45) is 10.8 Å². The first kappa shape index (κ1) is 21.2. The van der Waals surface area contributed by atoms with Gasteiger partial charge in [-0.05, 0) is 41.8 Å². The molecular formula is C27H27N3O3. The summed E-state index contributed by atoms with van der Waals surface area (Å²) in [5.41, 5.74) is 4.69. The van der Waals surface area contributed by atoms with Gasteiger partial charge in [-0.2, -0.15) is 0 Å². The number of allylic oxidation sites excluding steroid dienone is 2. The summed E-state index contributed by atoms with van der Waals surface area (Å²) in [5.74, 6) is -0.969. The van der Waals surface area contributed by atoms with Gasteiger partial charge in [0.15, 0.2) is 0 Å². The lowest BCUT2D eigenvalue weighted by Gasteiger charge is -2.50. The molecule has 1 atom stereocenters. The van der Waals surface area contributed by atoms with E-state index in [1.54, 1.807) is 18.3 Å². The summed E-state index contributed by atoms with van der Waals surface area (Å²) in [7, 11) is 0. The number of imidazole rings is 1. The van der Waals surface area contributed by atoms with Crippen molar-refractivity contribution < 1.29 is 14.7 Å². The van der Waals surface area contributed by atoms with Crippen molar-refractivity contribution in [3.8, 4) is 0 Å². The predicted molar refractivity (Wildman–Crippen MR) is 127 cm³/mol. The Kier molecular flexibility index (Phi) is 4.78. The summed E-state index contributed by atoms with van der Waals surface area (Å²) < 4.78 is 1.87. The number of hydrogen-bond acceptors (Lipinski definition) is 3. The number of carbonyl (C=O) groups excluding carboxylic acids is 1. The molecule has 1 amide bonds. The van der Waals surface area contributed by atoms with Crippen molar-refractivity contribution in [3.05, 3.63) is 89.4 Å². The van der Waals surface area contributed by atoms with Gasteiger partial charge in [-0.15, -0.1) is 0 Å². The fourth-order valence-electron chi connectivity index (χ4n) is 5.56. The molecule has 0 bridgehead atoms. The third-order valence-electron chi connectivity index (χ3n) is 7.12. The summed E-state index contributed by atoms with van der Waals surface area (Å²) in [6, 6.07) is 12.8. The average molecular weight is 442 g/mol. The third kappa shape index (κ3) is 3.46. The molecule has 168 valence electrons. The van der Waals surface area contributed by atoms with E-state index in [4.69, 9.17) is 0 Å². The van der Waals surface area contributed by atoms with Gasteiger partial charge in [0.1, 0.15) is 11.3 Å². The second-order valence-electron chi connectivity index (χ2n) is 9.79. The van der Waals surface area contributed by atoms with Crippen LogP contribution in [-0.4, -0.2) is 44.4 Å². The Morgan fingerprint density at radius 1 is 1.03 bits per heavy atom. The zero-order chi connectivity index (χ0) is 23.4. The van der Waals surface area contributed by atoms with Crippen LogP contribution in [-0.2, 0) is 0 Å². The minimum absolute atomic E-state index is 0.0490. The number of rotatable bonds is 3. The van der Waals surface area contributed by atoms with Crippen molar-refractivity contribution >= 4 is 23.1 Å². The maximum atomic E-state index is 13.3. The van der Waals surface area contributed by atoms with Crippen molar-refractivity contribution in [1.82, 2.24) is 14.3 Å². The van der Waals surface area contributed by atoms with Gasteiger partial charge in [0.25, 0.3) is 5.91 Å². The van der Waals surface area contributed by atoms with Crippen molar-refractivity contribution in [3.63, 3.8) is 0 Å². The minimum atomic E-state index is -0.920. The monoisotopic (exact) mass is 441 g/mol. The molecular weight excluding hydrogens is 414 g/mol. The standard InChI is InChI=1S/C27H27N3O3/c1-26(2)20(18-7-9-19(10-8-18)25(32)33)11-13-27(3)17-30(15-12-22(26)27)24(31)21-16-29-14-5-4-6-23(29)28-21/h4-12,14,16H,13,15,17H2,1-3H3,(H,32,33)/t27-/m1/s1. The Morgan fingerprint density at radius 2 is 1.79 bits per heavy atom. The Morgan fingerprint density at radius 3 is 2.48 bits per heavy atom. The Hall–Kier alpha value is -3.67. The molecule has 0 fully saturated rings. The molecule has 33 heavy (non-hydrogen) atoms. The first-order valence-electron chi connectivity index (χ1n) is 11.2. The van der Waals surface area contributed by atoms with E-state index >= 15 is 0 Å². The van der Waals surface area contributed by atoms with Gasteiger partial charge in [0, 0.05) is 36.3 Å². The zero-order valence-corrected chi connectivity index (χ0v) is 19.1. The lowest BCUT2D eigenvalue weighted by molar-refractivity contribution is 0.0674. The molecule has 6 nitrogen and oxygen atoms in total. The molecule has 0 saturated carbocycles. The smallest absolute Gasteiger partial charge is 0.335 e. The summed E-state index contributed by atoms with van der Waals surface area (Å²) in [6.45, 7) is 7.84. The number of nitrogens with zero attached hydrogens (tertiary/aromatic N) is 3. The molecule has 5 rings (SSSR count). The fraction of sp³-hybridized carbons (Fsp3) is 0.296. The molecule has 1 aliphatic carbocycles. The molecule has 3 heterocycles. The number of aromatic nitrogens is 2. The van der Waals surface area contributed by atoms with E-state index in [-0.39, 0.29) is 22.3 Å². The molecule has 0 saturated heterocycles. The van der Waals surface area contributed by atoms with Crippen LogP contribution in [0.5, 0.6) is 0 Å². The van der Waals surface area contributed by atoms with Gasteiger partial charge in [0.2, 0.25) is 0 Å². The summed E-state index contributed by atoms with van der Waals surface area (Å²) in [4.78, 5) is 30.9. The lowest BCUT2D eigenvalue weighted by Crippen LogP contribution is -2.48. The van der Waals surface area contributed by atoms with Gasteiger partial charge in [-0.3, -0.25) is 4.79 Å². The molecule has 3 aromatic rings. The van der Waals surface area contributed by atoms with E-state index in [0.29, 0.717) is 18.8 Å². The average Bonchev–Trinajstić information content (AvgIpc) is 3.22. The minimum Gasteiger partial charge on any atom is -0.478 e. The van der Waals surface area contributed by atoms with Crippen LogP contribution in [0.2, 0.25) is 0 Å². The van der Waals surface area contributed by atoms with Gasteiger partial charge in [0.05, 0.1) is 5.56 Å². The summed E-state index contributed by atoms with van der Waals surface area (Å²) in [6.07, 6.45) is 8.96. The SMILES string of the molecule is CC1(C)C(c2ccc(C(=O)O)cc2)=CC[C@]2(C)CN(C(=O)c3cn4ccccc4n3)CC=C12. The van der Waals surface area contributed by atoms with Crippen LogP contribution in [0, 0.1) is 10.8 Å². The predicted octanol–water partition coefficient (Wildman–Crippen LogP) is 4.93. The van der Waals surface area contributed by atoms with E-state index < -0.39 is 5.97 Å². The van der Waals surface area contributed by atoms with Gasteiger partial charge >= 0.3 is 5.97 Å². The van der Waals surface area contributed by atoms with Crippen molar-refractivity contribution in [1.29, 1.82) is 0 Å². The molecule has 1 aromatic carbocycles. The van der Waals surface area contributed by atoms with E-state index in [1.807, 2.05) is 45.8 Å². The second kappa shape index (κ2) is 7.44. The van der Waals surface area contributed by atoms with Gasteiger partial charge in [-0.1, -0.05) is 56.7 Å². The number of carboxylic acid groups (broad SMARTS) is 1. The van der Waals surface area contributed by atoms with Crippen LogP contribution in [0.4, 0.5) is 0 Å². The molecule has 6 heteroatoms. The van der Waals surface area contributed by atoms with Gasteiger partial charge < -0.3 is 14.4 Å². The molecule has 2 aliphatic rings. The molecule has 2 aromatic heterocycles. The zero-order valence-electron chi connectivity index (χ0n) is 19.1. The molecule has 0 unspecified atom stereocenters. The highest BCUT2D eigenvalue weighted by atomic mass is 16.4. The quantitative estimate of drug-likeness (QED) is 0.585. The topological polar surface area (TPSA) is 74.9 Å². The number of amides is 1. The number of fused-ring (bicyclic) bond motifs is 2. The highest BCUT2D eigenvalue weighted by Crippen LogP contribution is 2.55. The number of benzene rings is 1. The Balaban J connectivity index is 1.43. The largest absolute Gasteiger partial charge is 0.478 e. The van der Waals surface area contributed by atoms with E-state index in [1.165, 1.54) is 11.1 Å². The molecule has 1 aliphatic heterocycles. The van der Waals surface area contributed by atoms with Crippen molar-refractivity contribution in [2.75, 3.05) is 13.1 Å². The number of hydrogen-bond donors (Lipinski definition) is 1. The summed E-state index contributed by atoms with van der Waals surface area (Å²) in [5, 5.41) is 9.21. The van der Waals surface area contributed by atoms with Crippen molar-refractivity contribution in [2.45, 2.75) is 27.2 Å². The first-order valence-corrected chi connectivity index (χ1v) is 11.2. The van der Waals surface area contributed by atoms with E-state index in [2.05, 4.69) is 37.9 Å². The number of carbonyl (C=O) groups is 2. The second-order valence-corrected chi connectivity index (χ2v) is 9.79. The third-order valence-corrected chi connectivity index (χ3v) is 7.12. The highest BCUT2D eigenvalue weighted by Gasteiger charge is 2.46. The first-order chi connectivity index (χ1) is 15.7. The number of carboxylic acids is 1. The Bertz CT molecular complexity index is 1300. The van der Waals surface area contributed by atoms with Gasteiger partial charge in [-0.25, -0.2) is 9.78 Å². The number of aromatic carboxylic acids is 1. The lowest BCUT2D eigenvalue weighted by atomic mass is 9.58.